The Bertz CT molecular complexity index is 368. The van der Waals surface area contributed by atoms with Gasteiger partial charge in [0, 0.05) is 24.9 Å². The van der Waals surface area contributed by atoms with Gasteiger partial charge in [-0.2, -0.15) is 5.26 Å². The lowest BCUT2D eigenvalue weighted by Gasteiger charge is -2.10. The number of unbranched alkanes of at least 4 members (excludes halogenated alkanes) is 1. The molecule has 18 heavy (non-hydrogen) atoms. The lowest BCUT2D eigenvalue weighted by Crippen LogP contribution is -2.19. The van der Waals surface area contributed by atoms with Gasteiger partial charge >= 0.3 is 0 Å². The molecule has 0 saturated carbocycles. The van der Waals surface area contributed by atoms with Gasteiger partial charge in [-0.3, -0.25) is 9.98 Å². The molecule has 98 valence electrons. The summed E-state index contributed by atoms with van der Waals surface area (Å²) in [4.78, 5) is 8.15. The van der Waals surface area contributed by atoms with E-state index in [0.29, 0.717) is 31.5 Å². The molecule has 2 N–H and O–H groups in total. The summed E-state index contributed by atoms with van der Waals surface area (Å²) in [6.07, 6.45) is 4.84. The fourth-order valence-corrected chi connectivity index (χ4v) is 1.79. The third kappa shape index (κ3) is 5.11. The first kappa shape index (κ1) is 14.4. The van der Waals surface area contributed by atoms with Crippen LogP contribution in [-0.2, 0) is 0 Å². The highest BCUT2D eigenvalue weighted by Gasteiger charge is 2.09. The maximum Gasteiger partial charge on any atom is 0.0974 e. The van der Waals surface area contributed by atoms with Crippen LogP contribution in [0.15, 0.2) is 21.9 Å². The van der Waals surface area contributed by atoms with Gasteiger partial charge in [0.15, 0.2) is 0 Å². The van der Waals surface area contributed by atoms with E-state index in [4.69, 9.17) is 5.26 Å². The number of aliphatic hydroxyl groups is 1. The first-order valence-electron chi connectivity index (χ1n) is 6.25. The predicted octanol–water partition coefficient (Wildman–Crippen LogP) is 1.41. The van der Waals surface area contributed by atoms with Gasteiger partial charge < -0.3 is 10.4 Å². The second-order valence-corrected chi connectivity index (χ2v) is 4.23. The molecule has 0 aromatic heterocycles. The van der Waals surface area contributed by atoms with E-state index in [0.717, 1.165) is 25.1 Å². The Morgan fingerprint density at radius 3 is 3.17 bits per heavy atom. The van der Waals surface area contributed by atoms with Crippen LogP contribution >= 0.6 is 0 Å². The van der Waals surface area contributed by atoms with Gasteiger partial charge in [-0.1, -0.05) is 0 Å². The second kappa shape index (κ2) is 8.43. The first-order valence-corrected chi connectivity index (χ1v) is 6.25. The molecular weight excluding hydrogens is 228 g/mol. The zero-order chi connectivity index (χ0) is 13.2. The van der Waals surface area contributed by atoms with Crippen LogP contribution in [0.2, 0.25) is 0 Å². The number of rotatable bonds is 8. The molecule has 1 atom stereocenters. The summed E-state index contributed by atoms with van der Waals surface area (Å²) >= 11 is 0. The number of aliphatic hydroxyl groups excluding tert-OH is 1. The predicted molar refractivity (Wildman–Crippen MR) is 72.6 cm³/mol. The first-order chi connectivity index (χ1) is 8.77. The Morgan fingerprint density at radius 2 is 2.56 bits per heavy atom. The largest absolute Gasteiger partial charge is 0.387 e. The van der Waals surface area contributed by atoms with E-state index >= 15 is 0 Å². The highest BCUT2D eigenvalue weighted by Crippen LogP contribution is 2.10. The van der Waals surface area contributed by atoms with E-state index in [1.165, 1.54) is 0 Å². The molecule has 0 saturated heterocycles. The van der Waals surface area contributed by atoms with Crippen LogP contribution in [0.4, 0.5) is 0 Å². The van der Waals surface area contributed by atoms with E-state index in [-0.39, 0.29) is 0 Å². The number of hydrogen-bond donors (Lipinski definition) is 2. The van der Waals surface area contributed by atoms with Crippen LogP contribution in [0.3, 0.4) is 0 Å². The molecule has 5 nitrogen and oxygen atoms in total. The Hall–Kier alpha value is -1.67. The van der Waals surface area contributed by atoms with E-state index < -0.39 is 6.10 Å². The number of nitrogens with zero attached hydrogens (tertiary/aromatic N) is 3. The molecular formula is C13H20N4O. The molecule has 0 aromatic rings. The fraction of sp³-hybridized carbons (Fsp3) is 0.615. The molecule has 0 spiro atoms. The van der Waals surface area contributed by atoms with Crippen molar-refractivity contribution in [2.24, 2.45) is 9.98 Å². The van der Waals surface area contributed by atoms with E-state index in [1.54, 1.807) is 6.20 Å². The average Bonchev–Trinajstić information content (AvgIpc) is 2.88. The highest BCUT2D eigenvalue weighted by atomic mass is 16.3. The van der Waals surface area contributed by atoms with Crippen molar-refractivity contribution in [1.29, 1.82) is 5.26 Å². The zero-order valence-corrected chi connectivity index (χ0v) is 10.6. The lowest BCUT2D eigenvalue weighted by molar-refractivity contribution is 0.196. The summed E-state index contributed by atoms with van der Waals surface area (Å²) in [5.41, 5.74) is 1.68. The number of hydrogen-bond acceptors (Lipinski definition) is 5. The molecule has 1 rings (SSSR count). The highest BCUT2D eigenvalue weighted by molar-refractivity contribution is 5.87. The van der Waals surface area contributed by atoms with Crippen LogP contribution in [0.25, 0.3) is 0 Å². The summed E-state index contributed by atoms with van der Waals surface area (Å²) in [6, 6.07) is 2.05. The molecule has 0 amide bonds. The molecule has 0 aromatic carbocycles. The third-order valence-electron chi connectivity index (χ3n) is 2.81. The Morgan fingerprint density at radius 1 is 1.72 bits per heavy atom. The summed E-state index contributed by atoms with van der Waals surface area (Å²) in [5.74, 6) is 0. The van der Waals surface area contributed by atoms with Crippen LogP contribution < -0.4 is 5.32 Å². The van der Waals surface area contributed by atoms with Gasteiger partial charge in [0.25, 0.3) is 0 Å². The summed E-state index contributed by atoms with van der Waals surface area (Å²) in [7, 11) is 0. The minimum atomic E-state index is -0.658. The maximum absolute atomic E-state index is 9.85. The summed E-state index contributed by atoms with van der Waals surface area (Å²) in [6.45, 7) is 5.07. The minimum Gasteiger partial charge on any atom is -0.387 e. The smallest absolute Gasteiger partial charge is 0.0974 e. The quantitative estimate of drug-likeness (QED) is 0.503. The fourth-order valence-electron chi connectivity index (χ4n) is 1.79. The Balaban J connectivity index is 2.33. The Kier molecular flexibility index (Phi) is 6.74. The van der Waals surface area contributed by atoms with Gasteiger partial charge in [-0.05, 0) is 32.4 Å². The van der Waals surface area contributed by atoms with Crippen molar-refractivity contribution in [3.8, 4) is 6.07 Å². The van der Waals surface area contributed by atoms with E-state index in [9.17, 15) is 5.11 Å². The van der Waals surface area contributed by atoms with Gasteiger partial charge in [0.2, 0.25) is 0 Å². The van der Waals surface area contributed by atoms with Crippen molar-refractivity contribution in [3.63, 3.8) is 0 Å². The molecule has 1 heterocycles. The molecule has 1 aliphatic rings. The van der Waals surface area contributed by atoms with Crippen LogP contribution in [0.5, 0.6) is 0 Å². The lowest BCUT2D eigenvalue weighted by atomic mass is 10.1. The SMILES string of the molecule is C=N/C(=C\NCC1=NCCC1)C(O)CCCC#N. The molecule has 1 aliphatic heterocycles. The van der Waals surface area contributed by atoms with Crippen LogP contribution in [0.1, 0.15) is 32.1 Å². The van der Waals surface area contributed by atoms with Gasteiger partial charge in [-0.15, -0.1) is 0 Å². The number of nitrogens with one attached hydrogen (secondary N) is 1. The molecule has 1 unspecified atom stereocenters. The van der Waals surface area contributed by atoms with E-state index in [2.05, 4.69) is 28.1 Å². The number of aliphatic imine (C=N–C) groups is 2. The van der Waals surface area contributed by atoms with Crippen LogP contribution in [-0.4, -0.2) is 36.7 Å². The molecule has 0 fully saturated rings. The van der Waals surface area contributed by atoms with Crippen molar-refractivity contribution in [2.45, 2.75) is 38.2 Å². The van der Waals surface area contributed by atoms with Gasteiger partial charge in [-0.25, -0.2) is 0 Å². The van der Waals surface area contributed by atoms with Crippen molar-refractivity contribution in [2.75, 3.05) is 13.1 Å². The van der Waals surface area contributed by atoms with Crippen molar-refractivity contribution >= 4 is 12.4 Å². The summed E-state index contributed by atoms with van der Waals surface area (Å²) in [5, 5.41) is 21.4. The van der Waals surface area contributed by atoms with Crippen LogP contribution in [0, 0.1) is 11.3 Å². The topological polar surface area (TPSA) is 80.8 Å². The summed E-state index contributed by atoms with van der Waals surface area (Å²) < 4.78 is 0. The van der Waals surface area contributed by atoms with Gasteiger partial charge in [0.1, 0.15) is 0 Å². The Labute approximate surface area is 108 Å². The zero-order valence-electron chi connectivity index (χ0n) is 10.6. The van der Waals surface area contributed by atoms with Crippen molar-refractivity contribution in [1.82, 2.24) is 5.32 Å². The second-order valence-electron chi connectivity index (χ2n) is 4.23. The molecule has 0 radical (unpaired) electrons. The maximum atomic E-state index is 9.85. The minimum absolute atomic E-state index is 0.450. The normalized spacial score (nSPS) is 16.9. The third-order valence-corrected chi connectivity index (χ3v) is 2.81. The molecule has 0 bridgehead atoms. The average molecular weight is 248 g/mol. The molecule has 5 heteroatoms. The standard InChI is InChI=1S/C13H20N4O/c1-15-12(13(18)6-2-3-7-14)10-16-9-11-5-4-8-17-11/h10,13,16,18H,1-6,8-9H2/b12-10-. The van der Waals surface area contributed by atoms with Gasteiger partial charge in [0.05, 0.1) is 24.4 Å². The molecule has 0 aliphatic carbocycles. The van der Waals surface area contributed by atoms with Crippen molar-refractivity contribution in [3.05, 3.63) is 11.9 Å². The van der Waals surface area contributed by atoms with E-state index in [1.807, 2.05) is 0 Å². The monoisotopic (exact) mass is 248 g/mol. The number of nitriles is 1. The van der Waals surface area contributed by atoms with Crippen molar-refractivity contribution < 1.29 is 5.11 Å².